The number of benzene rings is 3. The van der Waals surface area contributed by atoms with Crippen LogP contribution in [0.25, 0.3) is 16.6 Å². The predicted octanol–water partition coefficient (Wildman–Crippen LogP) is 5.63. The second-order valence-electron chi connectivity index (χ2n) is 6.99. The predicted molar refractivity (Wildman–Crippen MR) is 125 cm³/mol. The van der Waals surface area contributed by atoms with Crippen LogP contribution in [0.4, 0.5) is 19.1 Å². The molecular formula is C23H17F3IN3O2. The van der Waals surface area contributed by atoms with Gasteiger partial charge in [0.15, 0.2) is 0 Å². The Morgan fingerprint density at radius 1 is 1.06 bits per heavy atom. The van der Waals surface area contributed by atoms with Gasteiger partial charge in [-0.2, -0.15) is 13.2 Å². The zero-order valence-corrected chi connectivity index (χ0v) is 18.9. The Bertz CT molecular complexity index is 1340. The highest BCUT2D eigenvalue weighted by molar-refractivity contribution is 14.1. The van der Waals surface area contributed by atoms with Gasteiger partial charge >= 0.3 is 6.18 Å². The van der Waals surface area contributed by atoms with Crippen LogP contribution in [0, 0.1) is 3.57 Å². The third-order valence-corrected chi connectivity index (χ3v) is 5.54. The van der Waals surface area contributed by atoms with Crippen molar-refractivity contribution in [2.45, 2.75) is 12.7 Å². The molecule has 0 amide bonds. The van der Waals surface area contributed by atoms with Gasteiger partial charge in [0.05, 0.1) is 29.3 Å². The van der Waals surface area contributed by atoms with E-state index in [1.165, 1.54) is 16.7 Å². The fourth-order valence-electron chi connectivity index (χ4n) is 3.26. The number of nitrogens with zero attached hydrogens (tertiary/aromatic N) is 2. The normalized spacial score (nSPS) is 11.5. The highest BCUT2D eigenvalue weighted by atomic mass is 127. The van der Waals surface area contributed by atoms with Crippen LogP contribution in [-0.2, 0) is 12.7 Å². The maximum Gasteiger partial charge on any atom is 0.416 e. The Hall–Kier alpha value is -3.08. The lowest BCUT2D eigenvalue weighted by Gasteiger charge is -2.16. The SMILES string of the molecule is COc1ccc(CNc2nc3ccc(I)cc3c(=O)n2-c2cccc(C(F)(F)F)c2)cc1. The summed E-state index contributed by atoms with van der Waals surface area (Å²) in [6.45, 7) is 0.311. The van der Waals surface area contributed by atoms with Crippen molar-refractivity contribution in [3.05, 3.63) is 91.8 Å². The maximum absolute atomic E-state index is 13.3. The first-order chi connectivity index (χ1) is 15.3. The van der Waals surface area contributed by atoms with Crippen molar-refractivity contribution >= 4 is 39.4 Å². The number of rotatable bonds is 5. The van der Waals surface area contributed by atoms with Crippen LogP contribution in [0.1, 0.15) is 11.1 Å². The summed E-state index contributed by atoms with van der Waals surface area (Å²) < 4.78 is 47.0. The van der Waals surface area contributed by atoms with Gasteiger partial charge in [0.2, 0.25) is 5.95 Å². The van der Waals surface area contributed by atoms with Crippen molar-refractivity contribution in [2.75, 3.05) is 12.4 Å². The van der Waals surface area contributed by atoms with E-state index in [4.69, 9.17) is 4.74 Å². The van der Waals surface area contributed by atoms with E-state index in [2.05, 4.69) is 32.9 Å². The number of hydrogen-bond acceptors (Lipinski definition) is 4. The van der Waals surface area contributed by atoms with Crippen LogP contribution >= 0.6 is 22.6 Å². The van der Waals surface area contributed by atoms with E-state index in [-0.39, 0.29) is 11.6 Å². The van der Waals surface area contributed by atoms with Gasteiger partial charge in [-0.05, 0) is 76.7 Å². The smallest absolute Gasteiger partial charge is 0.416 e. The Morgan fingerprint density at radius 2 is 1.81 bits per heavy atom. The van der Waals surface area contributed by atoms with Crippen LogP contribution < -0.4 is 15.6 Å². The first-order valence-corrected chi connectivity index (χ1v) is 10.6. The number of ether oxygens (including phenoxy) is 1. The Balaban J connectivity index is 1.83. The first kappa shape index (κ1) is 22.1. The van der Waals surface area contributed by atoms with E-state index >= 15 is 0 Å². The minimum atomic E-state index is -4.53. The van der Waals surface area contributed by atoms with E-state index < -0.39 is 17.3 Å². The van der Waals surface area contributed by atoms with Crippen LogP contribution in [0.2, 0.25) is 0 Å². The monoisotopic (exact) mass is 551 g/mol. The lowest BCUT2D eigenvalue weighted by molar-refractivity contribution is -0.137. The van der Waals surface area contributed by atoms with Gasteiger partial charge in [-0.1, -0.05) is 18.2 Å². The molecule has 0 fully saturated rings. The van der Waals surface area contributed by atoms with Crippen LogP contribution in [0.3, 0.4) is 0 Å². The lowest BCUT2D eigenvalue weighted by Crippen LogP contribution is -2.24. The minimum Gasteiger partial charge on any atom is -0.497 e. The molecule has 0 aliphatic rings. The molecule has 0 spiro atoms. The molecule has 164 valence electrons. The molecule has 0 saturated heterocycles. The molecular weight excluding hydrogens is 534 g/mol. The Morgan fingerprint density at radius 3 is 2.50 bits per heavy atom. The summed E-state index contributed by atoms with van der Waals surface area (Å²) in [5, 5.41) is 3.42. The summed E-state index contributed by atoms with van der Waals surface area (Å²) in [6, 6.07) is 17.1. The van der Waals surface area contributed by atoms with Crippen LogP contribution in [0.15, 0.2) is 71.5 Å². The molecule has 0 unspecified atom stereocenters. The Kier molecular flexibility index (Phi) is 6.09. The van der Waals surface area contributed by atoms with Crippen LogP contribution in [-0.4, -0.2) is 16.7 Å². The van der Waals surface area contributed by atoms with Gasteiger partial charge in [-0.25, -0.2) is 9.55 Å². The van der Waals surface area contributed by atoms with Crippen molar-refractivity contribution in [1.82, 2.24) is 9.55 Å². The minimum absolute atomic E-state index is 0.0790. The number of aromatic nitrogens is 2. The molecule has 32 heavy (non-hydrogen) atoms. The fraction of sp³-hybridized carbons (Fsp3) is 0.130. The van der Waals surface area contributed by atoms with E-state index in [9.17, 15) is 18.0 Å². The number of halogens is 4. The maximum atomic E-state index is 13.3. The quantitative estimate of drug-likeness (QED) is 0.327. The third kappa shape index (κ3) is 4.57. The highest BCUT2D eigenvalue weighted by Crippen LogP contribution is 2.31. The van der Waals surface area contributed by atoms with Crippen molar-refractivity contribution in [3.63, 3.8) is 0 Å². The van der Waals surface area contributed by atoms with Gasteiger partial charge < -0.3 is 10.1 Å². The van der Waals surface area contributed by atoms with Gasteiger partial charge in [0, 0.05) is 10.1 Å². The number of anilines is 1. The zero-order valence-electron chi connectivity index (χ0n) is 16.8. The van der Waals surface area contributed by atoms with Crippen LogP contribution in [0.5, 0.6) is 5.75 Å². The van der Waals surface area contributed by atoms with E-state index in [1.807, 2.05) is 18.2 Å². The largest absolute Gasteiger partial charge is 0.497 e. The van der Waals surface area contributed by atoms with Gasteiger partial charge in [-0.15, -0.1) is 0 Å². The summed E-state index contributed by atoms with van der Waals surface area (Å²) in [5.74, 6) is 0.854. The summed E-state index contributed by atoms with van der Waals surface area (Å²) in [5.41, 5.74) is 0.125. The molecule has 0 atom stereocenters. The van der Waals surface area contributed by atoms with Gasteiger partial charge in [0.1, 0.15) is 5.75 Å². The summed E-state index contributed by atoms with van der Waals surface area (Å²) in [4.78, 5) is 17.9. The molecule has 1 N–H and O–H groups in total. The van der Waals surface area contributed by atoms with Gasteiger partial charge in [-0.3, -0.25) is 4.79 Å². The van der Waals surface area contributed by atoms with Gasteiger partial charge in [0.25, 0.3) is 5.56 Å². The number of fused-ring (bicyclic) bond motifs is 1. The first-order valence-electron chi connectivity index (χ1n) is 9.53. The van der Waals surface area contributed by atoms with E-state index in [1.54, 1.807) is 31.4 Å². The molecule has 1 heterocycles. The van der Waals surface area contributed by atoms with Crippen molar-refractivity contribution < 1.29 is 17.9 Å². The lowest BCUT2D eigenvalue weighted by atomic mass is 10.2. The fourth-order valence-corrected chi connectivity index (χ4v) is 3.75. The molecule has 0 radical (unpaired) electrons. The second-order valence-corrected chi connectivity index (χ2v) is 8.23. The summed E-state index contributed by atoms with van der Waals surface area (Å²) in [7, 11) is 1.57. The third-order valence-electron chi connectivity index (χ3n) is 4.87. The molecule has 9 heteroatoms. The number of nitrogens with one attached hydrogen (secondary N) is 1. The molecule has 4 aromatic rings. The molecule has 3 aromatic carbocycles. The zero-order chi connectivity index (χ0) is 22.9. The molecule has 0 bridgehead atoms. The molecule has 5 nitrogen and oxygen atoms in total. The summed E-state index contributed by atoms with van der Waals surface area (Å²) >= 11 is 2.07. The van der Waals surface area contributed by atoms with Crippen molar-refractivity contribution in [1.29, 1.82) is 0 Å². The second kappa shape index (κ2) is 8.81. The average molecular weight is 551 g/mol. The molecule has 0 aliphatic heterocycles. The standard InChI is InChI=1S/C23H17F3IN3O2/c1-32-18-8-5-14(6-9-18)13-28-22-29-20-10-7-16(27)12-19(20)21(31)30(22)17-4-2-3-15(11-17)23(24,25)26/h2-12H,13H2,1H3,(H,28,29). The molecule has 1 aromatic heterocycles. The van der Waals surface area contributed by atoms with Crippen molar-refractivity contribution in [2.24, 2.45) is 0 Å². The molecule has 0 aliphatic carbocycles. The average Bonchev–Trinajstić information content (AvgIpc) is 2.78. The Labute approximate surface area is 195 Å². The van der Waals surface area contributed by atoms with E-state index in [0.29, 0.717) is 23.2 Å². The number of methoxy groups -OCH3 is 1. The molecule has 0 saturated carbocycles. The van der Waals surface area contributed by atoms with Crippen molar-refractivity contribution in [3.8, 4) is 11.4 Å². The molecule has 4 rings (SSSR count). The highest BCUT2D eigenvalue weighted by Gasteiger charge is 2.31. The number of hydrogen-bond donors (Lipinski definition) is 1. The summed E-state index contributed by atoms with van der Waals surface area (Å²) in [6.07, 6.45) is -4.53. The topological polar surface area (TPSA) is 56.1 Å². The number of alkyl halides is 3. The van der Waals surface area contributed by atoms with E-state index in [0.717, 1.165) is 21.3 Å².